The number of halogens is 3. The first-order valence-electron chi connectivity index (χ1n) is 10.0. The first-order valence-corrected chi connectivity index (χ1v) is 10.0. The lowest BCUT2D eigenvalue weighted by Gasteiger charge is -2.32. The van der Waals surface area contributed by atoms with Gasteiger partial charge in [-0.05, 0) is 49.1 Å². The van der Waals surface area contributed by atoms with Crippen molar-refractivity contribution in [2.45, 2.75) is 25.6 Å². The van der Waals surface area contributed by atoms with Crippen LogP contribution in [0.15, 0.2) is 47.2 Å². The zero-order valence-electron chi connectivity index (χ0n) is 16.7. The summed E-state index contributed by atoms with van der Waals surface area (Å²) in [4.78, 5) is 22.0. The summed E-state index contributed by atoms with van der Waals surface area (Å²) in [5.74, 6) is 1.54. The van der Waals surface area contributed by atoms with Gasteiger partial charge in [-0.3, -0.25) is 0 Å². The fraction of sp³-hybridized carbons (Fsp3) is 0.381. The van der Waals surface area contributed by atoms with Crippen LogP contribution in [0.1, 0.15) is 24.3 Å². The molecule has 0 aromatic carbocycles. The van der Waals surface area contributed by atoms with Gasteiger partial charge in [0.2, 0.25) is 0 Å². The number of rotatable bonds is 5. The molecule has 0 atom stereocenters. The summed E-state index contributed by atoms with van der Waals surface area (Å²) in [6, 6.07) is 7.29. The minimum Gasteiger partial charge on any atom is -0.467 e. The van der Waals surface area contributed by atoms with E-state index in [1.165, 1.54) is 18.3 Å². The third-order valence-corrected chi connectivity index (χ3v) is 5.36. The normalized spacial score (nSPS) is 15.3. The molecule has 4 rings (SSSR count). The number of hydrogen-bond acceptors (Lipinski definition) is 5. The molecule has 2 amide bonds. The summed E-state index contributed by atoms with van der Waals surface area (Å²) >= 11 is 0. The van der Waals surface area contributed by atoms with Crippen LogP contribution in [0.5, 0.6) is 0 Å². The predicted octanol–water partition coefficient (Wildman–Crippen LogP) is 4.28. The number of carbonyl (C=O) groups excluding carboxylic acids is 1. The number of aromatic nitrogens is 2. The zero-order chi connectivity index (χ0) is 21.8. The number of likely N-dealkylation sites (tertiary alicyclic amines) is 1. The van der Waals surface area contributed by atoms with Crippen molar-refractivity contribution in [3.63, 3.8) is 0 Å². The van der Waals surface area contributed by atoms with E-state index in [9.17, 15) is 18.0 Å². The predicted molar refractivity (Wildman–Crippen MR) is 108 cm³/mol. The average Bonchev–Trinajstić information content (AvgIpc) is 3.29. The van der Waals surface area contributed by atoms with E-state index in [-0.39, 0.29) is 11.5 Å². The number of furan rings is 1. The number of alkyl halides is 3. The Labute approximate surface area is 176 Å². The number of urea groups is 1. The van der Waals surface area contributed by atoms with Crippen molar-refractivity contribution in [3.05, 3.63) is 54.2 Å². The SMILES string of the molecule is O=C(NCc1ccco1)N1CCC(CNc2nccc3nc(C(F)(F)F)ccc23)CC1. The van der Waals surface area contributed by atoms with E-state index in [4.69, 9.17) is 4.42 Å². The summed E-state index contributed by atoms with van der Waals surface area (Å²) in [5, 5.41) is 6.63. The van der Waals surface area contributed by atoms with E-state index in [0.717, 1.165) is 18.9 Å². The molecule has 0 bridgehead atoms. The van der Waals surface area contributed by atoms with Gasteiger partial charge in [-0.1, -0.05) is 0 Å². The third kappa shape index (κ3) is 5.07. The Hall–Kier alpha value is -3.30. The van der Waals surface area contributed by atoms with Crippen LogP contribution in [-0.4, -0.2) is 40.5 Å². The minimum absolute atomic E-state index is 0.120. The molecule has 1 fully saturated rings. The Morgan fingerprint density at radius 2 is 2.00 bits per heavy atom. The van der Waals surface area contributed by atoms with Crippen LogP contribution in [0.25, 0.3) is 10.9 Å². The van der Waals surface area contributed by atoms with E-state index in [0.29, 0.717) is 49.1 Å². The van der Waals surface area contributed by atoms with Gasteiger partial charge < -0.3 is 20.0 Å². The number of nitrogens with one attached hydrogen (secondary N) is 2. The van der Waals surface area contributed by atoms with Gasteiger partial charge in [-0.2, -0.15) is 13.2 Å². The third-order valence-electron chi connectivity index (χ3n) is 5.36. The molecule has 1 saturated heterocycles. The van der Waals surface area contributed by atoms with E-state index in [1.807, 2.05) is 0 Å². The summed E-state index contributed by atoms with van der Waals surface area (Å²) in [6.45, 7) is 2.24. The number of piperidine rings is 1. The van der Waals surface area contributed by atoms with Crippen molar-refractivity contribution in [2.24, 2.45) is 5.92 Å². The van der Waals surface area contributed by atoms with E-state index < -0.39 is 11.9 Å². The molecule has 7 nitrogen and oxygen atoms in total. The molecule has 1 aliphatic rings. The second kappa shape index (κ2) is 8.83. The molecule has 0 spiro atoms. The molecule has 3 aromatic rings. The Kier molecular flexibility index (Phi) is 5.97. The quantitative estimate of drug-likeness (QED) is 0.628. The van der Waals surface area contributed by atoms with Crippen LogP contribution < -0.4 is 10.6 Å². The maximum absolute atomic E-state index is 12.9. The molecule has 10 heteroatoms. The van der Waals surface area contributed by atoms with Crippen LogP contribution in [0.4, 0.5) is 23.8 Å². The molecule has 0 unspecified atom stereocenters. The Morgan fingerprint density at radius 1 is 1.19 bits per heavy atom. The van der Waals surface area contributed by atoms with Gasteiger partial charge in [0.25, 0.3) is 0 Å². The summed E-state index contributed by atoms with van der Waals surface area (Å²) < 4.78 is 43.9. The second-order valence-corrected chi connectivity index (χ2v) is 7.47. The van der Waals surface area contributed by atoms with Crippen molar-refractivity contribution in [1.29, 1.82) is 0 Å². The monoisotopic (exact) mass is 433 g/mol. The molecule has 3 aromatic heterocycles. The number of fused-ring (bicyclic) bond motifs is 1. The highest BCUT2D eigenvalue weighted by Crippen LogP contribution is 2.30. The highest BCUT2D eigenvalue weighted by Gasteiger charge is 2.32. The van der Waals surface area contributed by atoms with E-state index in [2.05, 4.69) is 20.6 Å². The molecule has 0 radical (unpaired) electrons. The number of hydrogen-bond donors (Lipinski definition) is 2. The van der Waals surface area contributed by atoms with Crippen molar-refractivity contribution in [2.75, 3.05) is 25.0 Å². The largest absolute Gasteiger partial charge is 0.467 e. The second-order valence-electron chi connectivity index (χ2n) is 7.47. The van der Waals surface area contributed by atoms with Crippen LogP contribution >= 0.6 is 0 Å². The molecule has 31 heavy (non-hydrogen) atoms. The van der Waals surface area contributed by atoms with E-state index >= 15 is 0 Å². The lowest BCUT2D eigenvalue weighted by molar-refractivity contribution is -0.140. The topological polar surface area (TPSA) is 83.3 Å². The first kappa shape index (κ1) is 21.0. The van der Waals surface area contributed by atoms with E-state index in [1.54, 1.807) is 23.3 Å². The van der Waals surface area contributed by atoms with Crippen molar-refractivity contribution >= 4 is 22.8 Å². The lowest BCUT2D eigenvalue weighted by atomic mass is 9.97. The van der Waals surface area contributed by atoms with Gasteiger partial charge in [0.15, 0.2) is 0 Å². The van der Waals surface area contributed by atoms with Crippen LogP contribution in [0, 0.1) is 5.92 Å². The lowest BCUT2D eigenvalue weighted by Crippen LogP contribution is -2.45. The standard InChI is InChI=1S/C21H22F3N5O2/c22-21(23,24)18-4-3-16-17(28-18)5-8-25-19(16)26-12-14-6-9-29(10-7-14)20(30)27-13-15-2-1-11-31-15/h1-5,8,11,14H,6-7,9-10,12-13H2,(H,25,26)(H,27,30). The van der Waals surface area contributed by atoms with Crippen LogP contribution in [0.2, 0.25) is 0 Å². The zero-order valence-corrected chi connectivity index (χ0v) is 16.7. The van der Waals surface area contributed by atoms with Crippen LogP contribution in [-0.2, 0) is 12.7 Å². The molecule has 1 aliphatic heterocycles. The van der Waals surface area contributed by atoms with Gasteiger partial charge in [0.05, 0.1) is 18.3 Å². The van der Waals surface area contributed by atoms with Gasteiger partial charge in [0.1, 0.15) is 17.3 Å². The molecule has 0 aliphatic carbocycles. The van der Waals surface area contributed by atoms with Gasteiger partial charge in [-0.25, -0.2) is 14.8 Å². The first-order chi connectivity index (χ1) is 14.9. The average molecular weight is 433 g/mol. The highest BCUT2D eigenvalue weighted by molar-refractivity contribution is 5.89. The number of nitrogens with zero attached hydrogens (tertiary/aromatic N) is 3. The van der Waals surface area contributed by atoms with Crippen molar-refractivity contribution in [1.82, 2.24) is 20.2 Å². The molecule has 164 valence electrons. The number of amides is 2. The maximum atomic E-state index is 12.9. The number of carbonyl (C=O) groups is 1. The van der Waals surface area contributed by atoms with Crippen molar-refractivity contribution < 1.29 is 22.4 Å². The Morgan fingerprint density at radius 3 is 2.71 bits per heavy atom. The van der Waals surface area contributed by atoms with Gasteiger partial charge >= 0.3 is 12.2 Å². The maximum Gasteiger partial charge on any atom is 0.433 e. The highest BCUT2D eigenvalue weighted by atomic mass is 19.4. The molecular formula is C21H22F3N5O2. The van der Waals surface area contributed by atoms with Crippen molar-refractivity contribution in [3.8, 4) is 0 Å². The fourth-order valence-corrected chi connectivity index (χ4v) is 3.62. The van der Waals surface area contributed by atoms with Crippen LogP contribution in [0.3, 0.4) is 0 Å². The summed E-state index contributed by atoms with van der Waals surface area (Å²) in [7, 11) is 0. The summed E-state index contributed by atoms with van der Waals surface area (Å²) in [6.07, 6.45) is 0.175. The minimum atomic E-state index is -4.48. The Bertz CT molecular complexity index is 1030. The molecule has 0 saturated carbocycles. The molecule has 4 heterocycles. The van der Waals surface area contributed by atoms with Gasteiger partial charge in [0, 0.05) is 31.2 Å². The molecule has 2 N–H and O–H groups in total. The number of anilines is 1. The number of pyridine rings is 2. The smallest absolute Gasteiger partial charge is 0.433 e. The van der Waals surface area contributed by atoms with Gasteiger partial charge in [-0.15, -0.1) is 0 Å². The summed E-state index contributed by atoms with van der Waals surface area (Å²) in [5.41, 5.74) is -0.676. The fourth-order valence-electron chi connectivity index (χ4n) is 3.62. The molecular weight excluding hydrogens is 411 g/mol. The Balaban J connectivity index is 1.29.